The van der Waals surface area contributed by atoms with E-state index in [9.17, 15) is 5.26 Å². The fourth-order valence-corrected chi connectivity index (χ4v) is 3.25. The predicted octanol–water partition coefficient (Wildman–Crippen LogP) is 4.06. The average molecular weight is 286 g/mol. The molecule has 0 spiro atoms. The molecule has 2 nitrogen and oxygen atoms in total. The summed E-state index contributed by atoms with van der Waals surface area (Å²) in [4.78, 5) is 0. The van der Waals surface area contributed by atoms with Gasteiger partial charge in [-0.05, 0) is 23.1 Å². The van der Waals surface area contributed by atoms with E-state index < -0.39 is 5.41 Å². The highest BCUT2D eigenvalue weighted by Gasteiger charge is 2.42. The van der Waals surface area contributed by atoms with Crippen LogP contribution in [0.3, 0.4) is 0 Å². The monoisotopic (exact) mass is 286 g/mol. The molecule has 0 radical (unpaired) electrons. The molecule has 22 heavy (non-hydrogen) atoms. The van der Waals surface area contributed by atoms with Crippen LogP contribution in [0.25, 0.3) is 0 Å². The third-order valence-electron chi connectivity index (χ3n) is 4.35. The molecule has 0 aliphatic heterocycles. The second-order valence-electron chi connectivity index (χ2n) is 5.46. The Labute approximate surface area is 131 Å². The molecule has 1 aliphatic carbocycles. The normalized spacial score (nSPS) is 16.3. The zero-order valence-electron chi connectivity index (χ0n) is 12.6. The Hall–Kier alpha value is -2.79. The molecule has 2 N–H and O–H groups in total. The van der Waals surface area contributed by atoms with Gasteiger partial charge in [-0.15, -0.1) is 0 Å². The van der Waals surface area contributed by atoms with Crippen LogP contribution in [0.2, 0.25) is 0 Å². The molecule has 0 atom stereocenters. The summed E-state index contributed by atoms with van der Waals surface area (Å²) in [6, 6.07) is 22.6. The third-order valence-corrected chi connectivity index (χ3v) is 4.35. The van der Waals surface area contributed by atoms with Crippen LogP contribution in [-0.4, -0.2) is 0 Å². The Bertz CT molecular complexity index is 738. The highest BCUT2D eigenvalue weighted by molar-refractivity contribution is 5.66. The maximum atomic E-state index is 9.79. The predicted molar refractivity (Wildman–Crippen MR) is 88.9 cm³/mol. The van der Waals surface area contributed by atoms with Crippen LogP contribution in [0.15, 0.2) is 83.6 Å². The van der Waals surface area contributed by atoms with Gasteiger partial charge in [0, 0.05) is 5.70 Å². The van der Waals surface area contributed by atoms with Crippen LogP contribution < -0.4 is 5.73 Å². The average Bonchev–Trinajstić information content (AvgIpc) is 2.89. The van der Waals surface area contributed by atoms with Gasteiger partial charge in [-0.2, -0.15) is 5.26 Å². The number of hydrogen-bond donors (Lipinski definition) is 1. The summed E-state index contributed by atoms with van der Waals surface area (Å²) in [6.45, 7) is 2.07. The van der Waals surface area contributed by atoms with Gasteiger partial charge in [-0.1, -0.05) is 73.7 Å². The van der Waals surface area contributed by atoms with Crippen molar-refractivity contribution in [2.24, 2.45) is 5.73 Å². The molecule has 2 heteroatoms. The maximum absolute atomic E-state index is 9.79. The number of nitriles is 1. The van der Waals surface area contributed by atoms with Crippen molar-refractivity contribution < 1.29 is 0 Å². The molecule has 2 aromatic rings. The van der Waals surface area contributed by atoms with Crippen molar-refractivity contribution in [1.82, 2.24) is 0 Å². The Morgan fingerprint density at radius 2 is 1.45 bits per heavy atom. The van der Waals surface area contributed by atoms with E-state index in [2.05, 4.69) is 43.3 Å². The van der Waals surface area contributed by atoms with E-state index in [0.29, 0.717) is 11.3 Å². The Morgan fingerprint density at radius 3 is 1.86 bits per heavy atom. The molecule has 0 amide bonds. The van der Waals surface area contributed by atoms with E-state index in [1.165, 1.54) is 0 Å². The standard InChI is InChI=1S/C20H18N2/c1-2-15-13-20(18(14-21)19(15)22,16-9-5-3-6-10-16)17-11-7-4-8-12-17/h3-13H,2,22H2,1H3. The summed E-state index contributed by atoms with van der Waals surface area (Å²) < 4.78 is 0. The minimum Gasteiger partial charge on any atom is -0.398 e. The topological polar surface area (TPSA) is 49.8 Å². The first-order chi connectivity index (χ1) is 10.7. The molecular weight excluding hydrogens is 268 g/mol. The van der Waals surface area contributed by atoms with Gasteiger partial charge in [-0.25, -0.2) is 0 Å². The van der Waals surface area contributed by atoms with E-state index >= 15 is 0 Å². The summed E-state index contributed by atoms with van der Waals surface area (Å²) in [5.74, 6) is 0. The van der Waals surface area contributed by atoms with Crippen molar-refractivity contribution in [1.29, 1.82) is 5.26 Å². The molecule has 0 aromatic heterocycles. The summed E-state index contributed by atoms with van der Waals surface area (Å²) in [5.41, 5.74) is 10.1. The lowest BCUT2D eigenvalue weighted by molar-refractivity contribution is 0.789. The molecule has 0 saturated carbocycles. The van der Waals surface area contributed by atoms with E-state index in [1.54, 1.807) is 0 Å². The molecule has 1 aliphatic rings. The van der Waals surface area contributed by atoms with E-state index in [-0.39, 0.29) is 0 Å². The van der Waals surface area contributed by atoms with Gasteiger partial charge in [-0.3, -0.25) is 0 Å². The van der Waals surface area contributed by atoms with Gasteiger partial charge in [0.25, 0.3) is 0 Å². The number of nitrogens with two attached hydrogens (primary N) is 1. The Morgan fingerprint density at radius 1 is 0.955 bits per heavy atom. The number of nitrogens with zero attached hydrogens (tertiary/aromatic N) is 1. The first kappa shape index (κ1) is 14.2. The van der Waals surface area contributed by atoms with Gasteiger partial charge in [0.1, 0.15) is 0 Å². The fourth-order valence-electron chi connectivity index (χ4n) is 3.25. The Balaban J connectivity index is 2.36. The van der Waals surface area contributed by atoms with E-state index in [0.717, 1.165) is 23.1 Å². The minimum atomic E-state index is -0.577. The Kier molecular flexibility index (Phi) is 3.56. The highest BCUT2D eigenvalue weighted by atomic mass is 14.6. The summed E-state index contributed by atoms with van der Waals surface area (Å²) in [6.07, 6.45) is 2.98. The largest absolute Gasteiger partial charge is 0.398 e. The second kappa shape index (κ2) is 5.54. The lowest BCUT2D eigenvalue weighted by Gasteiger charge is -2.29. The molecule has 0 heterocycles. The number of rotatable bonds is 3. The molecule has 0 fully saturated rings. The molecule has 0 saturated heterocycles. The first-order valence-electron chi connectivity index (χ1n) is 7.47. The van der Waals surface area contributed by atoms with Gasteiger partial charge in [0.15, 0.2) is 0 Å². The molecule has 2 aromatic carbocycles. The van der Waals surface area contributed by atoms with Crippen LogP contribution >= 0.6 is 0 Å². The van der Waals surface area contributed by atoms with Crippen molar-refractivity contribution in [3.63, 3.8) is 0 Å². The van der Waals surface area contributed by atoms with Crippen LogP contribution in [0, 0.1) is 11.3 Å². The van der Waals surface area contributed by atoms with Gasteiger partial charge in [0.05, 0.1) is 17.1 Å². The summed E-state index contributed by atoms with van der Waals surface area (Å²) in [5, 5.41) is 9.79. The summed E-state index contributed by atoms with van der Waals surface area (Å²) >= 11 is 0. The molecule has 3 rings (SSSR count). The quantitative estimate of drug-likeness (QED) is 0.925. The first-order valence-corrected chi connectivity index (χ1v) is 7.47. The second-order valence-corrected chi connectivity index (χ2v) is 5.46. The lowest BCUT2D eigenvalue weighted by atomic mass is 9.71. The van der Waals surface area contributed by atoms with Crippen LogP contribution in [0.1, 0.15) is 24.5 Å². The van der Waals surface area contributed by atoms with E-state index in [1.807, 2.05) is 36.4 Å². The van der Waals surface area contributed by atoms with Crippen molar-refractivity contribution in [3.05, 3.63) is 94.7 Å². The number of benzene rings is 2. The van der Waals surface area contributed by atoms with Crippen molar-refractivity contribution >= 4 is 0 Å². The van der Waals surface area contributed by atoms with Crippen molar-refractivity contribution in [3.8, 4) is 6.07 Å². The summed E-state index contributed by atoms with van der Waals surface area (Å²) in [7, 11) is 0. The number of allylic oxidation sites excluding steroid dienone is 3. The molecular formula is C20H18N2. The molecule has 0 unspecified atom stereocenters. The minimum absolute atomic E-state index is 0.577. The lowest BCUT2D eigenvalue weighted by Crippen LogP contribution is -2.26. The van der Waals surface area contributed by atoms with Crippen molar-refractivity contribution in [2.45, 2.75) is 18.8 Å². The maximum Gasteiger partial charge on any atom is 0.0985 e. The smallest absolute Gasteiger partial charge is 0.0985 e. The highest BCUT2D eigenvalue weighted by Crippen LogP contribution is 2.47. The fraction of sp³-hybridized carbons (Fsp3) is 0.150. The van der Waals surface area contributed by atoms with Crippen LogP contribution in [0.4, 0.5) is 0 Å². The van der Waals surface area contributed by atoms with E-state index in [4.69, 9.17) is 5.73 Å². The van der Waals surface area contributed by atoms with Crippen molar-refractivity contribution in [2.75, 3.05) is 0 Å². The molecule has 0 bridgehead atoms. The van der Waals surface area contributed by atoms with Gasteiger partial charge in [0.2, 0.25) is 0 Å². The van der Waals surface area contributed by atoms with Gasteiger partial charge < -0.3 is 5.73 Å². The SMILES string of the molecule is CCC1=CC(c2ccccc2)(c2ccccc2)C(C#N)=C1N. The zero-order chi connectivity index (χ0) is 15.6. The zero-order valence-corrected chi connectivity index (χ0v) is 12.6. The van der Waals surface area contributed by atoms with Crippen LogP contribution in [-0.2, 0) is 5.41 Å². The number of hydrogen-bond acceptors (Lipinski definition) is 2. The van der Waals surface area contributed by atoms with Crippen LogP contribution in [0.5, 0.6) is 0 Å². The van der Waals surface area contributed by atoms with Gasteiger partial charge >= 0.3 is 0 Å². The molecule has 108 valence electrons. The third kappa shape index (κ3) is 1.95.